The van der Waals surface area contributed by atoms with Crippen LogP contribution in [-0.4, -0.2) is 36.0 Å². The van der Waals surface area contributed by atoms with Crippen LogP contribution in [0.2, 0.25) is 0 Å². The highest BCUT2D eigenvalue weighted by Gasteiger charge is 2.17. The molecule has 0 bridgehead atoms. The summed E-state index contributed by atoms with van der Waals surface area (Å²) in [6, 6.07) is 12.1. The van der Waals surface area contributed by atoms with Gasteiger partial charge in [-0.1, -0.05) is 0 Å². The van der Waals surface area contributed by atoms with Gasteiger partial charge < -0.3 is 25.7 Å². The summed E-state index contributed by atoms with van der Waals surface area (Å²) in [6.45, 7) is 2.76. The number of carbonyl (C=O) groups is 4. The van der Waals surface area contributed by atoms with Crippen molar-refractivity contribution in [2.45, 2.75) is 26.1 Å². The predicted octanol–water partition coefficient (Wildman–Crippen LogP) is 1.54. The van der Waals surface area contributed by atoms with Gasteiger partial charge in [0.05, 0.1) is 11.1 Å². The van der Waals surface area contributed by atoms with Gasteiger partial charge >= 0.3 is 11.9 Å². The molecular weight excluding hydrogens is 380 g/mol. The third-order valence-electron chi connectivity index (χ3n) is 3.78. The van der Waals surface area contributed by atoms with E-state index in [1.54, 1.807) is 24.3 Å². The molecule has 2 aromatic carbocycles. The molecule has 0 unspecified atom stereocenters. The molecule has 2 amide bonds. The summed E-state index contributed by atoms with van der Waals surface area (Å²) in [7, 11) is 0. The first-order chi connectivity index (χ1) is 13.7. The van der Waals surface area contributed by atoms with Crippen molar-refractivity contribution in [3.05, 3.63) is 59.7 Å². The summed E-state index contributed by atoms with van der Waals surface area (Å²) in [4.78, 5) is 45.7. The highest BCUT2D eigenvalue weighted by atomic mass is 16.6. The number of nitrogens with two attached hydrogens (primary N) is 2. The first-order valence-electron chi connectivity index (χ1n) is 8.56. The van der Waals surface area contributed by atoms with Gasteiger partial charge in [0.2, 0.25) is 0 Å². The molecule has 0 aliphatic carbocycles. The van der Waals surface area contributed by atoms with Crippen LogP contribution in [0.5, 0.6) is 11.5 Å². The molecule has 29 heavy (non-hydrogen) atoms. The summed E-state index contributed by atoms with van der Waals surface area (Å²) in [5.74, 6) is -1.99. The van der Waals surface area contributed by atoms with E-state index in [2.05, 4.69) is 0 Å². The van der Waals surface area contributed by atoms with Crippen molar-refractivity contribution in [3.63, 3.8) is 0 Å². The van der Waals surface area contributed by atoms with E-state index in [4.69, 9.17) is 25.7 Å². The van der Waals surface area contributed by atoms with E-state index >= 15 is 0 Å². The Kier molecular flexibility index (Phi) is 6.91. The van der Waals surface area contributed by atoms with Crippen molar-refractivity contribution in [3.8, 4) is 11.5 Å². The maximum Gasteiger partial charge on any atom is 0.338 e. The molecule has 2 atom stereocenters. The summed E-state index contributed by atoms with van der Waals surface area (Å²) in [5, 5.41) is 0. The Bertz CT molecular complexity index is 832. The molecule has 0 fully saturated rings. The third-order valence-corrected chi connectivity index (χ3v) is 3.78. The Morgan fingerprint density at radius 2 is 0.966 bits per heavy atom. The quantitative estimate of drug-likeness (QED) is 0.638. The molecule has 152 valence electrons. The fourth-order valence-corrected chi connectivity index (χ4v) is 2.03. The van der Waals surface area contributed by atoms with Crippen LogP contribution >= 0.6 is 0 Å². The number of benzene rings is 2. The average molecular weight is 400 g/mol. The van der Waals surface area contributed by atoms with Crippen LogP contribution in [0.15, 0.2) is 48.5 Å². The Hall–Kier alpha value is -3.88. The van der Waals surface area contributed by atoms with Crippen LogP contribution in [-0.2, 0) is 19.1 Å². The monoisotopic (exact) mass is 400 g/mol. The lowest BCUT2D eigenvalue weighted by Crippen LogP contribution is -2.30. The standard InChI is InChI=1S/C20H20N2O7/c1-11(17(21)23)27-19(25)13-3-7-15(8-4-13)29-16-9-5-14(6-10-16)20(26)28-12(2)18(22)24/h3-12H,1-2H3,(H2,21,23)(H2,22,24)/t11-,12-/m1/s1. The second-order valence-electron chi connectivity index (χ2n) is 6.05. The van der Waals surface area contributed by atoms with Gasteiger partial charge in [-0.25, -0.2) is 9.59 Å². The normalized spacial score (nSPS) is 12.3. The van der Waals surface area contributed by atoms with Gasteiger partial charge in [-0.2, -0.15) is 0 Å². The van der Waals surface area contributed by atoms with Gasteiger partial charge in [0.1, 0.15) is 11.5 Å². The van der Waals surface area contributed by atoms with Crippen LogP contribution in [0.3, 0.4) is 0 Å². The van der Waals surface area contributed by atoms with Gasteiger partial charge in [0.15, 0.2) is 12.2 Å². The van der Waals surface area contributed by atoms with Crippen molar-refractivity contribution in [1.82, 2.24) is 0 Å². The van der Waals surface area contributed by atoms with Gasteiger partial charge in [-0.05, 0) is 62.4 Å². The fourth-order valence-electron chi connectivity index (χ4n) is 2.03. The zero-order valence-electron chi connectivity index (χ0n) is 15.8. The number of carbonyl (C=O) groups excluding carboxylic acids is 4. The molecule has 0 heterocycles. The first-order valence-corrected chi connectivity index (χ1v) is 8.56. The SMILES string of the molecule is C[C@@H](OC(=O)c1ccc(Oc2ccc(C(=O)O[C@H](C)C(N)=O)cc2)cc1)C(N)=O. The zero-order valence-corrected chi connectivity index (χ0v) is 15.8. The zero-order chi connectivity index (χ0) is 21.6. The van der Waals surface area contributed by atoms with E-state index in [0.717, 1.165) is 0 Å². The Morgan fingerprint density at radius 1 is 0.655 bits per heavy atom. The van der Waals surface area contributed by atoms with Crippen LogP contribution in [0.1, 0.15) is 34.6 Å². The molecule has 0 aliphatic rings. The second kappa shape index (κ2) is 9.36. The largest absolute Gasteiger partial charge is 0.457 e. The molecule has 0 aliphatic heterocycles. The molecule has 0 saturated carbocycles. The predicted molar refractivity (Wildman–Crippen MR) is 101 cm³/mol. The number of ether oxygens (including phenoxy) is 3. The summed E-state index contributed by atoms with van der Waals surface area (Å²) < 4.78 is 15.4. The number of esters is 2. The van der Waals surface area contributed by atoms with Gasteiger partial charge in [0, 0.05) is 0 Å². The summed E-state index contributed by atoms with van der Waals surface area (Å²) in [6.07, 6.45) is -2.07. The molecular formula is C20H20N2O7. The topological polar surface area (TPSA) is 148 Å². The second-order valence-corrected chi connectivity index (χ2v) is 6.05. The number of hydrogen-bond donors (Lipinski definition) is 2. The molecule has 2 rings (SSSR count). The summed E-state index contributed by atoms with van der Waals surface area (Å²) in [5.41, 5.74) is 10.6. The highest BCUT2D eigenvalue weighted by Crippen LogP contribution is 2.23. The average Bonchev–Trinajstić information content (AvgIpc) is 2.68. The Balaban J connectivity index is 1.98. The molecule has 2 aromatic rings. The van der Waals surface area contributed by atoms with E-state index < -0.39 is 36.0 Å². The van der Waals surface area contributed by atoms with E-state index in [1.165, 1.54) is 38.1 Å². The number of rotatable bonds is 8. The van der Waals surface area contributed by atoms with Gasteiger partial charge in [-0.15, -0.1) is 0 Å². The Labute approximate surface area is 166 Å². The van der Waals surface area contributed by atoms with Crippen LogP contribution in [0.4, 0.5) is 0 Å². The minimum Gasteiger partial charge on any atom is -0.457 e. The fraction of sp³-hybridized carbons (Fsp3) is 0.200. The van der Waals surface area contributed by atoms with Crippen LogP contribution in [0, 0.1) is 0 Å². The summed E-state index contributed by atoms with van der Waals surface area (Å²) >= 11 is 0. The van der Waals surface area contributed by atoms with Crippen LogP contribution in [0.25, 0.3) is 0 Å². The minimum atomic E-state index is -1.03. The lowest BCUT2D eigenvalue weighted by molar-refractivity contribution is -0.126. The maximum atomic E-state index is 11.9. The minimum absolute atomic E-state index is 0.229. The van der Waals surface area contributed by atoms with Gasteiger partial charge in [0.25, 0.3) is 11.8 Å². The van der Waals surface area contributed by atoms with Crippen molar-refractivity contribution in [2.75, 3.05) is 0 Å². The molecule has 0 aromatic heterocycles. The lowest BCUT2D eigenvalue weighted by Gasteiger charge is -2.11. The number of amides is 2. The van der Waals surface area contributed by atoms with Crippen molar-refractivity contribution < 1.29 is 33.4 Å². The molecule has 4 N–H and O–H groups in total. The lowest BCUT2D eigenvalue weighted by atomic mass is 10.2. The van der Waals surface area contributed by atoms with Crippen molar-refractivity contribution in [2.24, 2.45) is 11.5 Å². The van der Waals surface area contributed by atoms with E-state index in [9.17, 15) is 19.2 Å². The van der Waals surface area contributed by atoms with E-state index in [1.807, 2.05) is 0 Å². The number of primary amides is 2. The number of hydrogen-bond acceptors (Lipinski definition) is 7. The van der Waals surface area contributed by atoms with E-state index in [0.29, 0.717) is 11.5 Å². The van der Waals surface area contributed by atoms with Crippen LogP contribution < -0.4 is 16.2 Å². The highest BCUT2D eigenvalue weighted by molar-refractivity contribution is 5.92. The first kappa shape index (κ1) is 21.4. The van der Waals surface area contributed by atoms with E-state index in [-0.39, 0.29) is 11.1 Å². The molecule has 9 heteroatoms. The maximum absolute atomic E-state index is 11.9. The molecule has 0 saturated heterocycles. The molecule has 0 radical (unpaired) electrons. The van der Waals surface area contributed by atoms with Crippen molar-refractivity contribution in [1.29, 1.82) is 0 Å². The van der Waals surface area contributed by atoms with Crippen molar-refractivity contribution >= 4 is 23.8 Å². The smallest absolute Gasteiger partial charge is 0.338 e. The van der Waals surface area contributed by atoms with Gasteiger partial charge in [-0.3, -0.25) is 9.59 Å². The third kappa shape index (κ3) is 6.06. The molecule has 9 nitrogen and oxygen atoms in total. The Morgan fingerprint density at radius 3 is 1.24 bits per heavy atom. The molecule has 0 spiro atoms.